The molecule has 1 unspecified atom stereocenters. The molecule has 1 N–H and O–H groups in total. The van der Waals surface area contributed by atoms with E-state index in [1.165, 1.54) is 18.4 Å². The predicted molar refractivity (Wildman–Crippen MR) is 77.5 cm³/mol. The van der Waals surface area contributed by atoms with Crippen molar-refractivity contribution in [2.75, 3.05) is 7.05 Å². The normalized spacial score (nSPS) is 16.1. The molecule has 2 aromatic carbocycles. The summed E-state index contributed by atoms with van der Waals surface area (Å²) in [4.78, 5) is 0. The van der Waals surface area contributed by atoms with Gasteiger partial charge >= 0.3 is 0 Å². The zero-order valence-electron chi connectivity index (χ0n) is 11.2. The summed E-state index contributed by atoms with van der Waals surface area (Å²) in [5, 5.41) is 3.43. The second kappa shape index (κ2) is 5.45. The van der Waals surface area contributed by atoms with Crippen molar-refractivity contribution in [2.24, 2.45) is 5.92 Å². The number of rotatable bonds is 5. The third kappa shape index (κ3) is 2.79. The molecule has 1 saturated carbocycles. The highest BCUT2D eigenvalue weighted by molar-refractivity contribution is 5.40. The SMILES string of the molecule is CNC(c1ccccc1Oc1ccccc1)C1CC1. The molecule has 1 aliphatic rings. The van der Waals surface area contributed by atoms with Gasteiger partial charge < -0.3 is 10.1 Å². The fourth-order valence-electron chi connectivity index (χ4n) is 2.52. The van der Waals surface area contributed by atoms with Crippen molar-refractivity contribution < 1.29 is 4.74 Å². The van der Waals surface area contributed by atoms with Crippen molar-refractivity contribution in [1.82, 2.24) is 5.32 Å². The summed E-state index contributed by atoms with van der Waals surface area (Å²) in [5.74, 6) is 2.60. The van der Waals surface area contributed by atoms with E-state index in [1.807, 2.05) is 43.4 Å². The molecule has 2 nitrogen and oxygen atoms in total. The summed E-state index contributed by atoms with van der Waals surface area (Å²) in [6.45, 7) is 0. The maximum absolute atomic E-state index is 6.03. The smallest absolute Gasteiger partial charge is 0.132 e. The van der Waals surface area contributed by atoms with Gasteiger partial charge in [-0.15, -0.1) is 0 Å². The molecule has 0 heterocycles. The Bertz CT molecular complexity index is 534. The van der Waals surface area contributed by atoms with E-state index in [2.05, 4.69) is 23.5 Å². The van der Waals surface area contributed by atoms with E-state index >= 15 is 0 Å². The first-order valence-electron chi connectivity index (χ1n) is 6.87. The second-order valence-corrected chi connectivity index (χ2v) is 5.06. The Balaban J connectivity index is 1.88. The summed E-state index contributed by atoms with van der Waals surface area (Å²) in [6, 6.07) is 18.7. The first-order valence-corrected chi connectivity index (χ1v) is 6.87. The molecule has 98 valence electrons. The van der Waals surface area contributed by atoms with E-state index < -0.39 is 0 Å². The van der Waals surface area contributed by atoms with Crippen LogP contribution < -0.4 is 10.1 Å². The van der Waals surface area contributed by atoms with Gasteiger partial charge in [-0.1, -0.05) is 36.4 Å². The summed E-state index contributed by atoms with van der Waals surface area (Å²) >= 11 is 0. The summed E-state index contributed by atoms with van der Waals surface area (Å²) in [5.41, 5.74) is 1.26. The van der Waals surface area contributed by atoms with Crippen LogP contribution in [0, 0.1) is 5.92 Å². The van der Waals surface area contributed by atoms with Crippen LogP contribution >= 0.6 is 0 Å². The van der Waals surface area contributed by atoms with Gasteiger partial charge in [0.15, 0.2) is 0 Å². The lowest BCUT2D eigenvalue weighted by atomic mass is 10.0. The van der Waals surface area contributed by atoms with E-state index in [0.717, 1.165) is 17.4 Å². The maximum Gasteiger partial charge on any atom is 0.132 e. The van der Waals surface area contributed by atoms with Crippen LogP contribution in [0.15, 0.2) is 54.6 Å². The molecule has 1 aliphatic carbocycles. The Morgan fingerprint density at radius 3 is 2.37 bits per heavy atom. The fraction of sp³-hybridized carbons (Fsp3) is 0.294. The Hall–Kier alpha value is -1.80. The Morgan fingerprint density at radius 1 is 1.00 bits per heavy atom. The molecular weight excluding hydrogens is 234 g/mol. The van der Waals surface area contributed by atoms with Gasteiger partial charge in [0, 0.05) is 11.6 Å². The predicted octanol–water partition coefficient (Wildman–Crippen LogP) is 4.15. The summed E-state index contributed by atoms with van der Waals surface area (Å²) in [6.07, 6.45) is 2.62. The molecule has 2 aromatic rings. The average molecular weight is 253 g/mol. The van der Waals surface area contributed by atoms with Crippen molar-refractivity contribution in [1.29, 1.82) is 0 Å². The van der Waals surface area contributed by atoms with Crippen LogP contribution in [0.5, 0.6) is 11.5 Å². The van der Waals surface area contributed by atoms with Crippen molar-refractivity contribution in [2.45, 2.75) is 18.9 Å². The van der Waals surface area contributed by atoms with Gasteiger partial charge in [0.25, 0.3) is 0 Å². The first kappa shape index (κ1) is 12.2. The standard InChI is InChI=1S/C17H19NO/c1-18-17(13-11-12-13)15-9-5-6-10-16(15)19-14-7-3-2-4-8-14/h2-10,13,17-18H,11-12H2,1H3. The minimum atomic E-state index is 0.403. The molecule has 0 radical (unpaired) electrons. The Labute approximate surface area is 114 Å². The van der Waals surface area contributed by atoms with Gasteiger partial charge in [-0.3, -0.25) is 0 Å². The van der Waals surface area contributed by atoms with Crippen LogP contribution in [0.4, 0.5) is 0 Å². The molecule has 0 spiro atoms. The molecular formula is C17H19NO. The number of benzene rings is 2. The summed E-state index contributed by atoms with van der Waals surface area (Å²) < 4.78 is 6.03. The van der Waals surface area contributed by atoms with E-state index in [1.54, 1.807) is 0 Å². The molecule has 2 heteroatoms. The highest BCUT2D eigenvalue weighted by Crippen LogP contribution is 2.43. The molecule has 0 aliphatic heterocycles. The van der Waals surface area contributed by atoms with Gasteiger partial charge in [0.05, 0.1) is 0 Å². The van der Waals surface area contributed by atoms with Gasteiger partial charge in [-0.25, -0.2) is 0 Å². The van der Waals surface area contributed by atoms with E-state index in [9.17, 15) is 0 Å². The molecule has 0 saturated heterocycles. The lowest BCUT2D eigenvalue weighted by Crippen LogP contribution is -2.18. The highest BCUT2D eigenvalue weighted by Gasteiger charge is 2.32. The lowest BCUT2D eigenvalue weighted by Gasteiger charge is -2.19. The minimum Gasteiger partial charge on any atom is -0.457 e. The van der Waals surface area contributed by atoms with Crippen LogP contribution in [0.2, 0.25) is 0 Å². The van der Waals surface area contributed by atoms with E-state index in [4.69, 9.17) is 4.74 Å². The van der Waals surface area contributed by atoms with Crippen LogP contribution in [0.3, 0.4) is 0 Å². The zero-order valence-corrected chi connectivity index (χ0v) is 11.2. The lowest BCUT2D eigenvalue weighted by molar-refractivity contribution is 0.449. The van der Waals surface area contributed by atoms with Gasteiger partial charge in [-0.05, 0) is 44.0 Å². The quantitative estimate of drug-likeness (QED) is 0.864. The van der Waals surface area contributed by atoms with E-state index in [-0.39, 0.29) is 0 Å². The van der Waals surface area contributed by atoms with Crippen molar-refractivity contribution in [3.05, 3.63) is 60.2 Å². The van der Waals surface area contributed by atoms with Gasteiger partial charge in [0.2, 0.25) is 0 Å². The van der Waals surface area contributed by atoms with Crippen LogP contribution in [-0.2, 0) is 0 Å². The van der Waals surface area contributed by atoms with E-state index in [0.29, 0.717) is 6.04 Å². The fourth-order valence-corrected chi connectivity index (χ4v) is 2.52. The molecule has 3 rings (SSSR count). The summed E-state index contributed by atoms with van der Waals surface area (Å²) in [7, 11) is 2.03. The number of hydrogen-bond acceptors (Lipinski definition) is 2. The molecule has 0 aromatic heterocycles. The molecule has 1 fully saturated rings. The molecule has 1 atom stereocenters. The number of para-hydroxylation sites is 2. The highest BCUT2D eigenvalue weighted by atomic mass is 16.5. The Morgan fingerprint density at radius 2 is 1.68 bits per heavy atom. The monoisotopic (exact) mass is 253 g/mol. The number of nitrogens with one attached hydrogen (secondary N) is 1. The number of hydrogen-bond donors (Lipinski definition) is 1. The maximum atomic E-state index is 6.03. The van der Waals surface area contributed by atoms with Crippen LogP contribution in [0.1, 0.15) is 24.4 Å². The first-order chi connectivity index (χ1) is 9.38. The minimum absolute atomic E-state index is 0.403. The third-order valence-corrected chi connectivity index (χ3v) is 3.63. The van der Waals surface area contributed by atoms with Crippen LogP contribution in [-0.4, -0.2) is 7.05 Å². The van der Waals surface area contributed by atoms with Crippen molar-refractivity contribution >= 4 is 0 Å². The molecule has 19 heavy (non-hydrogen) atoms. The third-order valence-electron chi connectivity index (χ3n) is 3.63. The van der Waals surface area contributed by atoms with Gasteiger partial charge in [0.1, 0.15) is 11.5 Å². The van der Waals surface area contributed by atoms with Gasteiger partial charge in [-0.2, -0.15) is 0 Å². The Kier molecular flexibility index (Phi) is 3.51. The van der Waals surface area contributed by atoms with Crippen LogP contribution in [0.25, 0.3) is 0 Å². The molecule has 0 bridgehead atoms. The van der Waals surface area contributed by atoms with Crippen molar-refractivity contribution in [3.8, 4) is 11.5 Å². The van der Waals surface area contributed by atoms with Crippen molar-refractivity contribution in [3.63, 3.8) is 0 Å². The topological polar surface area (TPSA) is 21.3 Å². The second-order valence-electron chi connectivity index (χ2n) is 5.06. The molecule has 0 amide bonds. The largest absolute Gasteiger partial charge is 0.457 e. The number of ether oxygens (including phenoxy) is 1. The average Bonchev–Trinajstić information content (AvgIpc) is 3.27. The zero-order chi connectivity index (χ0) is 13.1.